The number of carbonyl (C=O) groups is 1. The van der Waals surface area contributed by atoms with E-state index in [1.54, 1.807) is 34.6 Å². The molecule has 11 nitrogen and oxygen atoms in total. The van der Waals surface area contributed by atoms with E-state index >= 15 is 0 Å². The lowest BCUT2D eigenvalue weighted by Gasteiger charge is -2.15. The Morgan fingerprint density at radius 1 is 1.02 bits per heavy atom. The summed E-state index contributed by atoms with van der Waals surface area (Å²) in [4.78, 5) is 29.4. The van der Waals surface area contributed by atoms with Crippen molar-refractivity contribution in [1.82, 2.24) is 29.8 Å². The molecule has 3 aromatic carbocycles. The van der Waals surface area contributed by atoms with Crippen molar-refractivity contribution in [2.45, 2.75) is 39.5 Å². The van der Waals surface area contributed by atoms with Gasteiger partial charge in [0.15, 0.2) is 12.4 Å². The maximum atomic E-state index is 13.7. The molecule has 1 N–H and O–H groups in total. The Balaban J connectivity index is 1.48. The monoisotopic (exact) mass is 554 g/mol. The third kappa shape index (κ3) is 6.15. The largest absolute Gasteiger partial charge is 0.482 e. The molecule has 0 aliphatic rings. The lowest BCUT2D eigenvalue weighted by molar-refractivity contribution is -0.139. The fourth-order valence-corrected chi connectivity index (χ4v) is 4.68. The van der Waals surface area contributed by atoms with Crippen LogP contribution in [0.3, 0.4) is 0 Å². The van der Waals surface area contributed by atoms with Gasteiger partial charge in [0.2, 0.25) is 0 Å². The Hall–Kier alpha value is -4.90. The zero-order valence-corrected chi connectivity index (χ0v) is 22.9. The number of aromatic nitrogens is 6. The lowest BCUT2D eigenvalue weighted by atomic mass is 9.98. The number of hydrogen-bond donors (Lipinski definition) is 1. The second-order valence-corrected chi connectivity index (χ2v) is 9.55. The van der Waals surface area contributed by atoms with E-state index < -0.39 is 12.6 Å². The van der Waals surface area contributed by atoms with Gasteiger partial charge in [-0.1, -0.05) is 61.9 Å². The van der Waals surface area contributed by atoms with Crippen molar-refractivity contribution in [2.24, 2.45) is 0 Å². The number of unbranched alkanes of at least 4 members (excludes halogenated alkanes) is 1. The van der Waals surface area contributed by atoms with E-state index in [2.05, 4.69) is 22.4 Å². The standard InChI is InChI=1S/C30H30N6O5/c1-3-4-9-27-31-26-15-14-22(41-18-28(37)38)16-25(26)30(39)35(27)17-20-10-12-21(13-11-20)23-7-5-6-8-24(23)29-32-33-34-36(29)19-40-2/h5-8,10-16H,3-4,9,17-19H2,1-2H3,(H,37,38). The van der Waals surface area contributed by atoms with Gasteiger partial charge in [-0.15, -0.1) is 5.10 Å². The van der Waals surface area contributed by atoms with Gasteiger partial charge in [0.1, 0.15) is 18.3 Å². The molecule has 0 spiro atoms. The van der Waals surface area contributed by atoms with Gasteiger partial charge in [-0.2, -0.15) is 4.68 Å². The molecule has 0 fully saturated rings. The number of nitrogens with zero attached hydrogens (tertiary/aromatic N) is 6. The van der Waals surface area contributed by atoms with Gasteiger partial charge in [-0.05, 0) is 51.7 Å². The lowest BCUT2D eigenvalue weighted by Crippen LogP contribution is -2.26. The summed E-state index contributed by atoms with van der Waals surface area (Å²) in [5.41, 5.74) is 4.12. The zero-order chi connectivity index (χ0) is 28.8. The van der Waals surface area contributed by atoms with Crippen molar-refractivity contribution in [3.05, 3.63) is 88.5 Å². The van der Waals surface area contributed by atoms with E-state index in [0.717, 1.165) is 35.1 Å². The molecule has 0 radical (unpaired) electrons. The van der Waals surface area contributed by atoms with Crippen LogP contribution < -0.4 is 10.3 Å². The summed E-state index contributed by atoms with van der Waals surface area (Å²) in [5.74, 6) is 0.539. The number of methoxy groups -OCH3 is 1. The first-order chi connectivity index (χ1) is 20.0. The van der Waals surface area contributed by atoms with Crippen molar-refractivity contribution in [3.8, 4) is 28.3 Å². The first-order valence-electron chi connectivity index (χ1n) is 13.3. The fourth-order valence-electron chi connectivity index (χ4n) is 4.68. The number of fused-ring (bicyclic) bond motifs is 1. The van der Waals surface area contributed by atoms with Crippen molar-refractivity contribution in [1.29, 1.82) is 0 Å². The minimum atomic E-state index is -1.09. The van der Waals surface area contributed by atoms with E-state index in [1.807, 2.05) is 48.5 Å². The van der Waals surface area contributed by atoms with Crippen molar-refractivity contribution < 1.29 is 19.4 Å². The number of rotatable bonds is 12. The smallest absolute Gasteiger partial charge is 0.341 e. The average Bonchev–Trinajstić information content (AvgIpc) is 3.45. The van der Waals surface area contributed by atoms with E-state index in [9.17, 15) is 9.59 Å². The Labute approximate surface area is 236 Å². The summed E-state index contributed by atoms with van der Waals surface area (Å²) in [5, 5.41) is 21.3. The van der Waals surface area contributed by atoms with Crippen LogP contribution in [0, 0.1) is 0 Å². The van der Waals surface area contributed by atoms with Gasteiger partial charge in [-0.3, -0.25) is 9.36 Å². The molecule has 5 aromatic rings. The molecule has 0 saturated carbocycles. The molecule has 2 heterocycles. The molecule has 0 aliphatic carbocycles. The number of ether oxygens (including phenoxy) is 2. The number of tetrazole rings is 1. The van der Waals surface area contributed by atoms with Gasteiger partial charge in [0.05, 0.1) is 17.4 Å². The molecule has 0 amide bonds. The molecule has 0 unspecified atom stereocenters. The van der Waals surface area contributed by atoms with Gasteiger partial charge in [-0.25, -0.2) is 9.78 Å². The normalized spacial score (nSPS) is 11.2. The number of carboxylic acids is 1. The summed E-state index contributed by atoms with van der Waals surface area (Å²) in [6, 6.07) is 20.8. The summed E-state index contributed by atoms with van der Waals surface area (Å²) in [7, 11) is 1.59. The molecule has 0 aliphatic heterocycles. The maximum Gasteiger partial charge on any atom is 0.341 e. The Morgan fingerprint density at radius 2 is 1.80 bits per heavy atom. The first-order valence-corrected chi connectivity index (χ1v) is 13.3. The highest BCUT2D eigenvalue weighted by Gasteiger charge is 2.16. The highest BCUT2D eigenvalue weighted by Crippen LogP contribution is 2.31. The predicted octanol–water partition coefficient (Wildman–Crippen LogP) is 4.18. The van der Waals surface area contributed by atoms with E-state index in [0.29, 0.717) is 41.3 Å². The van der Waals surface area contributed by atoms with Crippen LogP contribution in [-0.4, -0.2) is 54.6 Å². The second-order valence-electron chi connectivity index (χ2n) is 9.55. The number of carboxylic acid groups (broad SMARTS) is 1. The van der Waals surface area contributed by atoms with Crippen LogP contribution in [0.2, 0.25) is 0 Å². The highest BCUT2D eigenvalue weighted by atomic mass is 16.5. The van der Waals surface area contributed by atoms with Crippen LogP contribution in [0.25, 0.3) is 33.4 Å². The SMILES string of the molecule is CCCCc1nc2ccc(OCC(=O)O)cc2c(=O)n1Cc1ccc(-c2ccccc2-c2nnnn2COC)cc1. The maximum absolute atomic E-state index is 13.7. The summed E-state index contributed by atoms with van der Waals surface area (Å²) < 4.78 is 13.8. The Morgan fingerprint density at radius 3 is 2.54 bits per heavy atom. The van der Waals surface area contributed by atoms with E-state index in [-0.39, 0.29) is 12.3 Å². The van der Waals surface area contributed by atoms with Gasteiger partial charge in [0.25, 0.3) is 5.56 Å². The van der Waals surface area contributed by atoms with Crippen LogP contribution in [0.5, 0.6) is 5.75 Å². The molecule has 0 saturated heterocycles. The molecule has 41 heavy (non-hydrogen) atoms. The zero-order valence-electron chi connectivity index (χ0n) is 22.9. The third-order valence-corrected chi connectivity index (χ3v) is 6.68. The van der Waals surface area contributed by atoms with E-state index in [1.165, 1.54) is 0 Å². The number of aliphatic carboxylic acids is 1. The minimum absolute atomic E-state index is 0.193. The topological polar surface area (TPSA) is 134 Å². The molecule has 0 bridgehead atoms. The van der Waals surface area contributed by atoms with Crippen LogP contribution in [0.4, 0.5) is 0 Å². The van der Waals surface area contributed by atoms with Crippen molar-refractivity contribution in [2.75, 3.05) is 13.7 Å². The molecule has 5 rings (SSSR count). The van der Waals surface area contributed by atoms with E-state index in [4.69, 9.17) is 19.6 Å². The van der Waals surface area contributed by atoms with Gasteiger partial charge >= 0.3 is 5.97 Å². The molecular weight excluding hydrogens is 524 g/mol. The predicted molar refractivity (Wildman–Crippen MR) is 153 cm³/mol. The molecule has 11 heteroatoms. The third-order valence-electron chi connectivity index (χ3n) is 6.68. The highest BCUT2D eigenvalue weighted by molar-refractivity contribution is 5.81. The molecule has 0 atom stereocenters. The van der Waals surface area contributed by atoms with Gasteiger partial charge in [0, 0.05) is 19.1 Å². The Kier molecular flexibility index (Phi) is 8.44. The van der Waals surface area contributed by atoms with Crippen LogP contribution >= 0.6 is 0 Å². The summed E-state index contributed by atoms with van der Waals surface area (Å²) >= 11 is 0. The quantitative estimate of drug-likeness (QED) is 0.241. The molecular formula is C30H30N6O5. The molecule has 2 aromatic heterocycles. The summed E-state index contributed by atoms with van der Waals surface area (Å²) in [6.45, 7) is 2.19. The number of benzene rings is 3. The minimum Gasteiger partial charge on any atom is -0.482 e. The van der Waals surface area contributed by atoms with Gasteiger partial charge < -0.3 is 14.6 Å². The number of aryl methyl sites for hydroxylation is 1. The van der Waals surface area contributed by atoms with Crippen LogP contribution in [0.15, 0.2) is 71.5 Å². The molecule has 210 valence electrons. The van der Waals surface area contributed by atoms with Crippen LogP contribution in [0.1, 0.15) is 31.2 Å². The first kappa shape index (κ1) is 27.7. The average molecular weight is 555 g/mol. The Bertz CT molecular complexity index is 1730. The number of hydrogen-bond acceptors (Lipinski definition) is 8. The fraction of sp³-hybridized carbons (Fsp3) is 0.267. The van der Waals surface area contributed by atoms with Crippen molar-refractivity contribution >= 4 is 16.9 Å². The second kappa shape index (κ2) is 12.5. The van der Waals surface area contributed by atoms with Crippen molar-refractivity contribution in [3.63, 3.8) is 0 Å². The summed E-state index contributed by atoms with van der Waals surface area (Å²) in [6.07, 6.45) is 2.54. The van der Waals surface area contributed by atoms with Crippen LogP contribution in [-0.2, 0) is 29.2 Å².